The highest BCUT2D eigenvalue weighted by molar-refractivity contribution is 9.10. The van der Waals surface area contributed by atoms with E-state index in [1.807, 2.05) is 30.3 Å². The molecule has 0 saturated carbocycles. The average molecular weight is 352 g/mol. The minimum atomic E-state index is -1.06. The van der Waals surface area contributed by atoms with E-state index in [2.05, 4.69) is 21.2 Å². The summed E-state index contributed by atoms with van der Waals surface area (Å²) in [6.07, 6.45) is 0.882. The summed E-state index contributed by atoms with van der Waals surface area (Å²) >= 11 is 3.09. The number of hydrogen-bond acceptors (Lipinski definition) is 3. The first-order chi connectivity index (χ1) is 10.1. The summed E-state index contributed by atoms with van der Waals surface area (Å²) in [6.45, 7) is 0. The van der Waals surface area contributed by atoms with Gasteiger partial charge in [0.25, 0.3) is 5.91 Å². The van der Waals surface area contributed by atoms with Crippen LogP contribution in [0.2, 0.25) is 0 Å². The molecule has 0 aliphatic rings. The Morgan fingerprint density at radius 3 is 2.48 bits per heavy atom. The first kappa shape index (κ1) is 15.3. The van der Waals surface area contributed by atoms with Crippen molar-refractivity contribution >= 4 is 27.8 Å². The molecule has 0 aliphatic carbocycles. The molecule has 1 amide bonds. The molecule has 21 heavy (non-hydrogen) atoms. The molecule has 110 valence electrons. The largest absolute Gasteiger partial charge is 0.480 e. The van der Waals surface area contributed by atoms with Gasteiger partial charge in [-0.2, -0.15) is 0 Å². The zero-order chi connectivity index (χ0) is 15.2. The number of carbonyl (C=O) groups excluding carboxylic acids is 1. The molecule has 0 fully saturated rings. The number of rotatable bonds is 6. The lowest BCUT2D eigenvalue weighted by molar-refractivity contribution is -0.139. The van der Waals surface area contributed by atoms with Gasteiger partial charge >= 0.3 is 5.97 Å². The van der Waals surface area contributed by atoms with Gasteiger partial charge in [0.05, 0.1) is 0 Å². The van der Waals surface area contributed by atoms with Crippen LogP contribution in [0, 0.1) is 0 Å². The lowest BCUT2D eigenvalue weighted by Gasteiger charge is -2.13. The van der Waals surface area contributed by atoms with Gasteiger partial charge in [-0.05, 0) is 46.5 Å². The molecule has 1 aromatic heterocycles. The number of benzene rings is 1. The maximum absolute atomic E-state index is 11.9. The van der Waals surface area contributed by atoms with E-state index >= 15 is 0 Å². The number of carbonyl (C=O) groups is 2. The van der Waals surface area contributed by atoms with Crippen molar-refractivity contribution in [3.63, 3.8) is 0 Å². The minimum absolute atomic E-state index is 0.0767. The van der Waals surface area contributed by atoms with E-state index in [0.717, 1.165) is 5.56 Å². The summed E-state index contributed by atoms with van der Waals surface area (Å²) in [5.74, 6) is -1.53. The fraction of sp³-hybridized carbons (Fsp3) is 0.200. The smallest absolute Gasteiger partial charge is 0.326 e. The fourth-order valence-corrected chi connectivity index (χ4v) is 2.19. The number of furan rings is 1. The van der Waals surface area contributed by atoms with E-state index in [-0.39, 0.29) is 5.76 Å². The van der Waals surface area contributed by atoms with Crippen LogP contribution < -0.4 is 5.32 Å². The third kappa shape index (κ3) is 4.46. The van der Waals surface area contributed by atoms with Crippen molar-refractivity contribution in [2.24, 2.45) is 0 Å². The molecule has 2 rings (SSSR count). The number of hydrogen-bond donors (Lipinski definition) is 2. The van der Waals surface area contributed by atoms with Crippen molar-refractivity contribution in [1.82, 2.24) is 5.32 Å². The molecule has 0 saturated heterocycles. The van der Waals surface area contributed by atoms with Crippen LogP contribution in [0.15, 0.2) is 51.6 Å². The van der Waals surface area contributed by atoms with Crippen LogP contribution in [-0.2, 0) is 11.2 Å². The third-order valence-electron chi connectivity index (χ3n) is 2.96. The topological polar surface area (TPSA) is 79.5 Å². The third-order valence-corrected chi connectivity index (χ3v) is 3.39. The van der Waals surface area contributed by atoms with Gasteiger partial charge in [-0.1, -0.05) is 30.3 Å². The second-order valence-electron chi connectivity index (χ2n) is 4.49. The molecular weight excluding hydrogens is 338 g/mol. The Morgan fingerprint density at radius 1 is 1.19 bits per heavy atom. The Kier molecular flexibility index (Phi) is 5.16. The zero-order valence-electron chi connectivity index (χ0n) is 11.1. The summed E-state index contributed by atoms with van der Waals surface area (Å²) in [5, 5.41) is 11.7. The van der Waals surface area contributed by atoms with E-state index < -0.39 is 17.9 Å². The lowest BCUT2D eigenvalue weighted by atomic mass is 10.1. The second-order valence-corrected chi connectivity index (χ2v) is 5.27. The maximum Gasteiger partial charge on any atom is 0.326 e. The van der Waals surface area contributed by atoms with E-state index in [4.69, 9.17) is 4.42 Å². The van der Waals surface area contributed by atoms with Crippen LogP contribution >= 0.6 is 15.9 Å². The van der Waals surface area contributed by atoms with Crippen LogP contribution in [0.5, 0.6) is 0 Å². The number of amides is 1. The van der Waals surface area contributed by atoms with Crippen LogP contribution in [0.25, 0.3) is 0 Å². The predicted molar refractivity (Wildman–Crippen MR) is 80.1 cm³/mol. The Balaban J connectivity index is 1.96. The molecule has 0 spiro atoms. The monoisotopic (exact) mass is 351 g/mol. The van der Waals surface area contributed by atoms with Gasteiger partial charge in [0.15, 0.2) is 10.4 Å². The number of aliphatic carboxylic acids is 1. The second kappa shape index (κ2) is 7.08. The number of aryl methyl sites for hydroxylation is 1. The summed E-state index contributed by atoms with van der Waals surface area (Å²) < 4.78 is 5.52. The Bertz CT molecular complexity index is 624. The van der Waals surface area contributed by atoms with Crippen LogP contribution in [-0.4, -0.2) is 23.0 Å². The summed E-state index contributed by atoms with van der Waals surface area (Å²) in [5.41, 5.74) is 1.03. The quantitative estimate of drug-likeness (QED) is 0.838. The molecular formula is C15H14BrNO4. The molecule has 1 aromatic carbocycles. The number of carboxylic acids is 1. The predicted octanol–water partition coefficient (Wildman–Crippen LogP) is 2.86. The molecule has 6 heteroatoms. The van der Waals surface area contributed by atoms with Crippen molar-refractivity contribution in [1.29, 1.82) is 0 Å². The lowest BCUT2D eigenvalue weighted by Crippen LogP contribution is -2.41. The van der Waals surface area contributed by atoms with E-state index in [9.17, 15) is 14.7 Å². The van der Waals surface area contributed by atoms with Crippen molar-refractivity contribution in [3.8, 4) is 0 Å². The Hall–Kier alpha value is -2.08. The highest BCUT2D eigenvalue weighted by Gasteiger charge is 2.22. The molecule has 1 atom stereocenters. The first-order valence-corrected chi connectivity index (χ1v) is 7.18. The zero-order valence-corrected chi connectivity index (χ0v) is 12.7. The fourth-order valence-electron chi connectivity index (χ4n) is 1.88. The molecule has 2 N–H and O–H groups in total. The van der Waals surface area contributed by atoms with Gasteiger partial charge in [0.2, 0.25) is 0 Å². The SMILES string of the molecule is O=C(N[C@@H](CCc1ccccc1)C(=O)O)c1ccc(Br)o1. The first-order valence-electron chi connectivity index (χ1n) is 6.39. The van der Waals surface area contributed by atoms with Gasteiger partial charge in [-0.25, -0.2) is 4.79 Å². The average Bonchev–Trinajstić information content (AvgIpc) is 2.90. The number of carboxylic acid groups (broad SMARTS) is 1. The van der Waals surface area contributed by atoms with E-state index in [1.54, 1.807) is 6.07 Å². The molecule has 0 bridgehead atoms. The van der Waals surface area contributed by atoms with Crippen LogP contribution in [0.1, 0.15) is 22.5 Å². The number of halogens is 1. The highest BCUT2D eigenvalue weighted by Crippen LogP contribution is 2.14. The molecule has 0 radical (unpaired) electrons. The van der Waals surface area contributed by atoms with Crippen LogP contribution in [0.4, 0.5) is 0 Å². The van der Waals surface area contributed by atoms with Crippen molar-refractivity contribution in [3.05, 3.63) is 58.5 Å². The normalized spacial score (nSPS) is 11.9. The molecule has 1 heterocycles. The van der Waals surface area contributed by atoms with Gasteiger partial charge in [-0.3, -0.25) is 4.79 Å². The van der Waals surface area contributed by atoms with Crippen LogP contribution in [0.3, 0.4) is 0 Å². The van der Waals surface area contributed by atoms with Crippen molar-refractivity contribution < 1.29 is 19.1 Å². The highest BCUT2D eigenvalue weighted by atomic mass is 79.9. The maximum atomic E-state index is 11.9. The van der Waals surface area contributed by atoms with Gasteiger partial charge in [-0.15, -0.1) is 0 Å². The standard InChI is InChI=1S/C15H14BrNO4/c16-13-9-8-12(21-13)14(18)17-11(15(19)20)7-6-10-4-2-1-3-5-10/h1-5,8-9,11H,6-7H2,(H,17,18)(H,19,20)/t11-/m0/s1. The Labute approximate surface area is 130 Å². The van der Waals surface area contributed by atoms with Crippen molar-refractivity contribution in [2.75, 3.05) is 0 Å². The minimum Gasteiger partial charge on any atom is -0.480 e. The molecule has 5 nitrogen and oxygen atoms in total. The Morgan fingerprint density at radius 2 is 1.90 bits per heavy atom. The summed E-state index contributed by atoms with van der Waals surface area (Å²) in [6, 6.07) is 11.6. The van der Waals surface area contributed by atoms with Gasteiger partial charge in [0, 0.05) is 0 Å². The number of nitrogens with one attached hydrogen (secondary N) is 1. The molecule has 2 aromatic rings. The van der Waals surface area contributed by atoms with E-state index in [1.165, 1.54) is 6.07 Å². The summed E-state index contributed by atoms with van der Waals surface area (Å²) in [7, 11) is 0. The molecule has 0 aliphatic heterocycles. The summed E-state index contributed by atoms with van der Waals surface area (Å²) in [4.78, 5) is 23.1. The van der Waals surface area contributed by atoms with E-state index in [0.29, 0.717) is 17.5 Å². The van der Waals surface area contributed by atoms with Gasteiger partial charge in [0.1, 0.15) is 6.04 Å². The van der Waals surface area contributed by atoms with Gasteiger partial charge < -0.3 is 14.8 Å². The molecule has 0 unspecified atom stereocenters. The van der Waals surface area contributed by atoms with Crippen molar-refractivity contribution in [2.45, 2.75) is 18.9 Å².